The van der Waals surface area contributed by atoms with E-state index in [2.05, 4.69) is 4.98 Å². The van der Waals surface area contributed by atoms with Gasteiger partial charge in [-0.1, -0.05) is 24.3 Å². The highest BCUT2D eigenvalue weighted by Gasteiger charge is 2.29. The van der Waals surface area contributed by atoms with Crippen LogP contribution in [-0.2, 0) is 11.2 Å². The molecule has 0 saturated heterocycles. The molecular weight excluding hydrogens is 292 g/mol. The number of aromatic nitrogens is 1. The molecule has 1 N–H and O–H groups in total. The summed E-state index contributed by atoms with van der Waals surface area (Å²) in [6, 6.07) is 11.0. The number of pyridine rings is 1. The normalized spacial score (nSPS) is 17.1. The van der Waals surface area contributed by atoms with Crippen molar-refractivity contribution in [1.82, 2.24) is 9.88 Å². The maximum atomic E-state index is 12.7. The molecule has 0 radical (unpaired) electrons. The Hall–Kier alpha value is -2.40. The molecule has 2 heterocycles. The van der Waals surface area contributed by atoms with Crippen LogP contribution in [0.25, 0.3) is 0 Å². The molecule has 1 aliphatic heterocycles. The van der Waals surface area contributed by atoms with Crippen LogP contribution in [0.5, 0.6) is 5.75 Å². The number of para-hydroxylation sites is 1. The lowest BCUT2D eigenvalue weighted by Gasteiger charge is -2.28. The number of rotatable bonds is 3. The van der Waals surface area contributed by atoms with Gasteiger partial charge in [-0.25, -0.2) is 0 Å². The minimum atomic E-state index is -0.375. The van der Waals surface area contributed by atoms with Crippen LogP contribution >= 0.6 is 0 Å². The summed E-state index contributed by atoms with van der Waals surface area (Å²) in [5.74, 6) is 0.703. The number of benzene rings is 1. The fraction of sp³-hybridized carbons (Fsp3) is 0.333. The average Bonchev–Trinajstić information content (AvgIpc) is 2.76. The topological polar surface area (TPSA) is 62.7 Å². The molecule has 0 fully saturated rings. The lowest BCUT2D eigenvalue weighted by atomic mass is 10.0. The number of amides is 1. The number of nitrogens with zero attached hydrogens (tertiary/aromatic N) is 2. The van der Waals surface area contributed by atoms with E-state index in [0.717, 1.165) is 22.6 Å². The molecule has 1 aliphatic rings. The summed E-state index contributed by atoms with van der Waals surface area (Å²) in [5, 5.41) is 9.82. The maximum Gasteiger partial charge on any atom is 0.227 e. The largest absolute Gasteiger partial charge is 0.491 e. The molecule has 1 amide bonds. The zero-order valence-electron chi connectivity index (χ0n) is 13.1. The van der Waals surface area contributed by atoms with E-state index in [-0.39, 0.29) is 25.0 Å². The zero-order chi connectivity index (χ0) is 16.2. The van der Waals surface area contributed by atoms with Crippen LogP contribution in [-0.4, -0.2) is 40.7 Å². The Bertz CT molecular complexity index is 685. The molecule has 5 nitrogen and oxygen atoms in total. The Labute approximate surface area is 135 Å². The summed E-state index contributed by atoms with van der Waals surface area (Å²) in [5.41, 5.74) is 2.64. The molecule has 0 aliphatic carbocycles. The van der Waals surface area contributed by atoms with Crippen LogP contribution in [0.3, 0.4) is 0 Å². The molecule has 0 bridgehead atoms. The van der Waals surface area contributed by atoms with Crippen LogP contribution in [0, 0.1) is 6.92 Å². The fourth-order valence-electron chi connectivity index (χ4n) is 2.84. The standard InChI is InChI=1S/C18H20N2O3/c1-13-6-7-14(11-19-13)10-18(22)20-8-9-23-17-5-3-2-4-15(17)16(20)12-21/h2-7,11,16,21H,8-10,12H2,1H3. The SMILES string of the molecule is Cc1ccc(CC(=O)N2CCOc3ccccc3C2CO)cn1. The third kappa shape index (κ3) is 3.35. The van der Waals surface area contributed by atoms with E-state index in [1.54, 1.807) is 11.1 Å². The number of aliphatic hydroxyl groups is 1. The van der Waals surface area contributed by atoms with Crippen molar-refractivity contribution in [1.29, 1.82) is 0 Å². The fourth-order valence-corrected chi connectivity index (χ4v) is 2.84. The number of carbonyl (C=O) groups excluding carboxylic acids is 1. The van der Waals surface area contributed by atoms with Gasteiger partial charge in [-0.15, -0.1) is 0 Å². The summed E-state index contributed by atoms with van der Waals surface area (Å²) in [6.07, 6.45) is 2.00. The minimum Gasteiger partial charge on any atom is -0.491 e. The van der Waals surface area contributed by atoms with Gasteiger partial charge in [-0.3, -0.25) is 9.78 Å². The van der Waals surface area contributed by atoms with Crippen molar-refractivity contribution in [3.63, 3.8) is 0 Å². The Morgan fingerprint density at radius 3 is 2.91 bits per heavy atom. The second kappa shape index (κ2) is 6.79. The van der Waals surface area contributed by atoms with E-state index in [1.807, 2.05) is 43.3 Å². The molecule has 1 unspecified atom stereocenters. The van der Waals surface area contributed by atoms with Crippen molar-refractivity contribution in [3.8, 4) is 5.75 Å². The van der Waals surface area contributed by atoms with Gasteiger partial charge in [0.25, 0.3) is 0 Å². The molecule has 120 valence electrons. The highest BCUT2D eigenvalue weighted by Crippen LogP contribution is 2.31. The van der Waals surface area contributed by atoms with Gasteiger partial charge in [0.15, 0.2) is 0 Å². The molecule has 1 aromatic carbocycles. The maximum absolute atomic E-state index is 12.7. The number of hydrogen-bond donors (Lipinski definition) is 1. The molecular formula is C18H20N2O3. The summed E-state index contributed by atoms with van der Waals surface area (Å²) < 4.78 is 5.71. The Balaban J connectivity index is 1.83. The van der Waals surface area contributed by atoms with Crippen LogP contribution in [0.15, 0.2) is 42.6 Å². The number of carbonyl (C=O) groups is 1. The van der Waals surface area contributed by atoms with Gasteiger partial charge in [0.2, 0.25) is 5.91 Å². The summed E-state index contributed by atoms with van der Waals surface area (Å²) >= 11 is 0. The van der Waals surface area contributed by atoms with Crippen molar-refractivity contribution in [2.24, 2.45) is 0 Å². The van der Waals surface area contributed by atoms with Crippen LogP contribution in [0.2, 0.25) is 0 Å². The summed E-state index contributed by atoms with van der Waals surface area (Å²) in [6.45, 7) is 2.66. The minimum absolute atomic E-state index is 0.0324. The van der Waals surface area contributed by atoms with Crippen molar-refractivity contribution in [3.05, 3.63) is 59.4 Å². The lowest BCUT2D eigenvalue weighted by molar-refractivity contribution is -0.134. The highest BCUT2D eigenvalue weighted by molar-refractivity contribution is 5.79. The predicted molar refractivity (Wildman–Crippen MR) is 86.2 cm³/mol. The lowest BCUT2D eigenvalue weighted by Crippen LogP contribution is -2.38. The highest BCUT2D eigenvalue weighted by atomic mass is 16.5. The Kier molecular flexibility index (Phi) is 4.57. The van der Waals surface area contributed by atoms with Crippen molar-refractivity contribution in [2.45, 2.75) is 19.4 Å². The van der Waals surface area contributed by atoms with Crippen LogP contribution in [0.1, 0.15) is 22.9 Å². The first-order valence-corrected chi connectivity index (χ1v) is 7.72. The Morgan fingerprint density at radius 2 is 2.17 bits per heavy atom. The first kappa shape index (κ1) is 15.5. The smallest absolute Gasteiger partial charge is 0.227 e. The van der Waals surface area contributed by atoms with Crippen molar-refractivity contribution < 1.29 is 14.6 Å². The second-order valence-corrected chi connectivity index (χ2v) is 5.66. The van der Waals surface area contributed by atoms with Gasteiger partial charge in [-0.05, 0) is 24.6 Å². The molecule has 1 aromatic heterocycles. The average molecular weight is 312 g/mol. The molecule has 5 heteroatoms. The van der Waals surface area contributed by atoms with Crippen molar-refractivity contribution in [2.75, 3.05) is 19.8 Å². The van der Waals surface area contributed by atoms with Gasteiger partial charge >= 0.3 is 0 Å². The van der Waals surface area contributed by atoms with E-state index >= 15 is 0 Å². The predicted octanol–water partition coefficient (Wildman–Crippen LogP) is 1.89. The monoisotopic (exact) mass is 312 g/mol. The molecule has 1 atom stereocenters. The van der Waals surface area contributed by atoms with Crippen LogP contribution in [0.4, 0.5) is 0 Å². The van der Waals surface area contributed by atoms with Crippen LogP contribution < -0.4 is 4.74 Å². The molecule has 23 heavy (non-hydrogen) atoms. The van der Waals surface area contributed by atoms with Gasteiger partial charge in [0.1, 0.15) is 12.4 Å². The molecule has 2 aromatic rings. The van der Waals surface area contributed by atoms with E-state index in [9.17, 15) is 9.90 Å². The number of fused-ring (bicyclic) bond motifs is 1. The van der Waals surface area contributed by atoms with Gasteiger partial charge in [-0.2, -0.15) is 0 Å². The quantitative estimate of drug-likeness (QED) is 0.940. The second-order valence-electron chi connectivity index (χ2n) is 5.66. The molecule has 0 spiro atoms. The number of hydrogen-bond acceptors (Lipinski definition) is 4. The van der Waals surface area contributed by atoms with E-state index in [0.29, 0.717) is 13.2 Å². The number of aliphatic hydroxyl groups excluding tert-OH is 1. The zero-order valence-corrected chi connectivity index (χ0v) is 13.1. The third-order valence-corrected chi connectivity index (χ3v) is 4.07. The first-order chi connectivity index (χ1) is 11.2. The number of ether oxygens (including phenoxy) is 1. The van der Waals surface area contributed by atoms with Gasteiger partial charge in [0, 0.05) is 17.5 Å². The van der Waals surface area contributed by atoms with Gasteiger partial charge in [0.05, 0.1) is 25.6 Å². The Morgan fingerprint density at radius 1 is 1.35 bits per heavy atom. The summed E-state index contributed by atoms with van der Waals surface area (Å²) in [7, 11) is 0. The summed E-state index contributed by atoms with van der Waals surface area (Å²) in [4.78, 5) is 18.6. The number of aryl methyl sites for hydroxylation is 1. The van der Waals surface area contributed by atoms with E-state index in [1.165, 1.54) is 0 Å². The van der Waals surface area contributed by atoms with E-state index in [4.69, 9.17) is 4.74 Å². The molecule has 3 rings (SSSR count). The molecule has 0 saturated carbocycles. The van der Waals surface area contributed by atoms with Crippen molar-refractivity contribution >= 4 is 5.91 Å². The first-order valence-electron chi connectivity index (χ1n) is 7.72. The van der Waals surface area contributed by atoms with E-state index < -0.39 is 0 Å². The third-order valence-electron chi connectivity index (χ3n) is 4.07. The van der Waals surface area contributed by atoms with Gasteiger partial charge < -0.3 is 14.7 Å².